The third-order valence-electron chi connectivity index (χ3n) is 1.28. The summed E-state index contributed by atoms with van der Waals surface area (Å²) in [5.74, 6) is 0.559. The summed E-state index contributed by atoms with van der Waals surface area (Å²) in [7, 11) is 1.44. The quantitative estimate of drug-likeness (QED) is 0.786. The van der Waals surface area contributed by atoms with Gasteiger partial charge in [-0.1, -0.05) is 0 Å². The zero-order valence-corrected chi connectivity index (χ0v) is 7.92. The highest BCUT2D eigenvalue weighted by Gasteiger charge is 2.07. The largest absolute Gasteiger partial charge is 0.480 e. The number of nitrogen functional groups attached to an aromatic ring is 1. The number of nitrogens with two attached hydrogens (primary N) is 1. The molecule has 1 rings (SSSR count). The van der Waals surface area contributed by atoms with Gasteiger partial charge in [0, 0.05) is 0 Å². The molecule has 0 radical (unpaired) electrons. The van der Waals surface area contributed by atoms with Crippen molar-refractivity contribution >= 4 is 21.7 Å². The molecule has 0 aliphatic heterocycles. The smallest absolute Gasteiger partial charge is 0.233 e. The predicted molar refractivity (Wildman–Crippen MR) is 47.6 cm³/mol. The molecule has 0 aliphatic carbocycles. The molecule has 1 aromatic heterocycles. The van der Waals surface area contributed by atoms with Crippen LogP contribution in [0.2, 0.25) is 0 Å². The maximum Gasteiger partial charge on any atom is 0.233 e. The first kappa shape index (κ1) is 8.81. The molecule has 0 fully saturated rings. The molecule has 0 saturated heterocycles. The lowest BCUT2D eigenvalue weighted by atomic mass is 10.3. The molecule has 0 aromatic carbocycles. The zero-order chi connectivity index (χ0) is 9.14. The van der Waals surface area contributed by atoms with Gasteiger partial charge in [0.05, 0.1) is 11.6 Å². The minimum atomic E-state index is 0.248. The minimum absolute atomic E-state index is 0.248. The Morgan fingerprint density at radius 3 is 2.92 bits per heavy atom. The van der Waals surface area contributed by atoms with Crippen molar-refractivity contribution in [3.63, 3.8) is 0 Å². The van der Waals surface area contributed by atoms with E-state index in [1.165, 1.54) is 7.11 Å². The average molecular weight is 228 g/mol. The zero-order valence-electron chi connectivity index (χ0n) is 6.34. The van der Waals surface area contributed by atoms with Crippen LogP contribution in [-0.4, -0.2) is 12.1 Å². The van der Waals surface area contributed by atoms with E-state index in [9.17, 15) is 0 Å². The molecule has 0 aliphatic rings. The van der Waals surface area contributed by atoms with E-state index in [2.05, 4.69) is 20.9 Å². The highest BCUT2D eigenvalue weighted by atomic mass is 79.9. The summed E-state index contributed by atoms with van der Waals surface area (Å²) in [6, 6.07) is 3.51. The van der Waals surface area contributed by atoms with Crippen molar-refractivity contribution < 1.29 is 4.74 Å². The number of hydrogen-bond donors (Lipinski definition) is 1. The van der Waals surface area contributed by atoms with E-state index in [4.69, 9.17) is 15.7 Å². The molecule has 12 heavy (non-hydrogen) atoms. The fourth-order valence-electron chi connectivity index (χ4n) is 0.721. The molecule has 0 amide bonds. The lowest BCUT2D eigenvalue weighted by Gasteiger charge is -2.03. The summed E-state index contributed by atoms with van der Waals surface area (Å²) >= 11 is 3.16. The van der Waals surface area contributed by atoms with Crippen LogP contribution in [0.4, 0.5) is 5.82 Å². The number of nitriles is 1. The van der Waals surface area contributed by atoms with Gasteiger partial charge in [0.15, 0.2) is 0 Å². The van der Waals surface area contributed by atoms with Gasteiger partial charge < -0.3 is 10.5 Å². The number of methoxy groups -OCH3 is 1. The summed E-state index contributed by atoms with van der Waals surface area (Å²) in [6.45, 7) is 0. The van der Waals surface area contributed by atoms with Crippen LogP contribution in [-0.2, 0) is 0 Å². The standard InChI is InChI=1S/C7H6BrN3O/c1-12-7-4(3-9)2-5(8)6(10)11-7/h2H,1H3,(H2,10,11). The molecule has 2 N–H and O–H groups in total. The number of pyridine rings is 1. The Balaban J connectivity index is 3.31. The number of ether oxygens (including phenoxy) is 1. The average Bonchev–Trinajstić information content (AvgIpc) is 2.09. The Labute approximate surface area is 78.1 Å². The number of nitrogens with zero attached hydrogens (tertiary/aromatic N) is 2. The molecule has 5 heteroatoms. The Morgan fingerprint density at radius 1 is 1.75 bits per heavy atom. The molecule has 1 heterocycles. The normalized spacial score (nSPS) is 9.08. The van der Waals surface area contributed by atoms with Crippen molar-refractivity contribution in [3.8, 4) is 11.9 Å². The highest BCUT2D eigenvalue weighted by molar-refractivity contribution is 9.10. The lowest BCUT2D eigenvalue weighted by molar-refractivity contribution is 0.397. The van der Waals surface area contributed by atoms with E-state index >= 15 is 0 Å². The van der Waals surface area contributed by atoms with E-state index < -0.39 is 0 Å². The summed E-state index contributed by atoms with van der Waals surface area (Å²) in [5.41, 5.74) is 5.83. The van der Waals surface area contributed by atoms with Crippen LogP contribution in [0.15, 0.2) is 10.5 Å². The van der Waals surface area contributed by atoms with Gasteiger partial charge in [-0.05, 0) is 22.0 Å². The maximum atomic E-state index is 8.63. The van der Waals surface area contributed by atoms with Crippen molar-refractivity contribution in [2.24, 2.45) is 0 Å². The first-order valence-electron chi connectivity index (χ1n) is 3.09. The molecule has 4 nitrogen and oxygen atoms in total. The highest BCUT2D eigenvalue weighted by Crippen LogP contribution is 2.24. The van der Waals surface area contributed by atoms with E-state index in [0.717, 1.165) is 0 Å². The van der Waals surface area contributed by atoms with Gasteiger partial charge in [-0.2, -0.15) is 10.2 Å². The van der Waals surface area contributed by atoms with Crippen molar-refractivity contribution in [1.82, 2.24) is 4.98 Å². The number of anilines is 1. The van der Waals surface area contributed by atoms with Gasteiger partial charge in [0.1, 0.15) is 17.5 Å². The van der Waals surface area contributed by atoms with Crippen LogP contribution >= 0.6 is 15.9 Å². The molecule has 0 saturated carbocycles. The molecule has 62 valence electrons. The van der Waals surface area contributed by atoms with Crippen LogP contribution < -0.4 is 10.5 Å². The van der Waals surface area contributed by atoms with Crippen LogP contribution in [0, 0.1) is 11.3 Å². The lowest BCUT2D eigenvalue weighted by Crippen LogP contribution is -1.97. The predicted octanol–water partition coefficient (Wildman–Crippen LogP) is 1.31. The number of rotatable bonds is 1. The number of aromatic nitrogens is 1. The summed E-state index contributed by atoms with van der Waals surface area (Å²) in [4.78, 5) is 3.85. The van der Waals surface area contributed by atoms with Crippen molar-refractivity contribution in [2.45, 2.75) is 0 Å². The Kier molecular flexibility index (Phi) is 2.51. The number of halogens is 1. The van der Waals surface area contributed by atoms with Crippen LogP contribution in [0.1, 0.15) is 5.56 Å². The Morgan fingerprint density at radius 2 is 2.42 bits per heavy atom. The fraction of sp³-hybridized carbons (Fsp3) is 0.143. The molecule has 0 spiro atoms. The van der Waals surface area contributed by atoms with E-state index in [1.807, 2.05) is 6.07 Å². The monoisotopic (exact) mass is 227 g/mol. The van der Waals surface area contributed by atoms with Gasteiger partial charge in [-0.3, -0.25) is 0 Å². The van der Waals surface area contributed by atoms with Crippen LogP contribution in [0.3, 0.4) is 0 Å². The van der Waals surface area contributed by atoms with E-state index in [0.29, 0.717) is 15.9 Å². The summed E-state index contributed by atoms with van der Waals surface area (Å²) < 4.78 is 5.43. The molecule has 1 aromatic rings. The second-order valence-electron chi connectivity index (χ2n) is 2.02. The molecule has 0 atom stereocenters. The first-order chi connectivity index (χ1) is 5.69. The van der Waals surface area contributed by atoms with E-state index in [1.54, 1.807) is 6.07 Å². The maximum absolute atomic E-state index is 8.63. The van der Waals surface area contributed by atoms with Crippen LogP contribution in [0.5, 0.6) is 5.88 Å². The van der Waals surface area contributed by atoms with Gasteiger partial charge in [-0.25, -0.2) is 0 Å². The SMILES string of the molecule is COc1nc(N)c(Br)cc1C#N. The third-order valence-corrected chi connectivity index (χ3v) is 1.92. The summed E-state index contributed by atoms with van der Waals surface area (Å²) in [6.07, 6.45) is 0. The molecular weight excluding hydrogens is 222 g/mol. The number of hydrogen-bond acceptors (Lipinski definition) is 4. The Hall–Kier alpha value is -1.28. The first-order valence-corrected chi connectivity index (χ1v) is 3.88. The minimum Gasteiger partial charge on any atom is -0.480 e. The third kappa shape index (κ3) is 1.48. The van der Waals surface area contributed by atoms with Crippen LogP contribution in [0.25, 0.3) is 0 Å². The summed E-state index contributed by atoms with van der Waals surface area (Å²) in [5, 5.41) is 8.63. The second kappa shape index (κ2) is 3.41. The van der Waals surface area contributed by atoms with E-state index in [-0.39, 0.29) is 5.88 Å². The van der Waals surface area contributed by atoms with Crippen molar-refractivity contribution in [1.29, 1.82) is 5.26 Å². The molecule has 0 unspecified atom stereocenters. The topological polar surface area (TPSA) is 71.9 Å². The van der Waals surface area contributed by atoms with Crippen molar-refractivity contribution in [2.75, 3.05) is 12.8 Å². The molecule has 0 bridgehead atoms. The van der Waals surface area contributed by atoms with Gasteiger partial charge in [-0.15, -0.1) is 0 Å². The van der Waals surface area contributed by atoms with Gasteiger partial charge in [0.2, 0.25) is 5.88 Å². The van der Waals surface area contributed by atoms with Crippen molar-refractivity contribution in [3.05, 3.63) is 16.1 Å². The van der Waals surface area contributed by atoms with Gasteiger partial charge >= 0.3 is 0 Å². The molecular formula is C7H6BrN3O. The Bertz CT molecular complexity index is 345. The fourth-order valence-corrected chi connectivity index (χ4v) is 1.04. The van der Waals surface area contributed by atoms with Gasteiger partial charge in [0.25, 0.3) is 0 Å². The second-order valence-corrected chi connectivity index (χ2v) is 2.88.